The summed E-state index contributed by atoms with van der Waals surface area (Å²) in [7, 11) is 0. The normalized spacial score (nSPS) is 36.5. The number of ether oxygens (including phenoxy) is 1. The van der Waals surface area contributed by atoms with E-state index in [2.05, 4.69) is 22.5 Å². The molecule has 0 aromatic heterocycles. The smallest absolute Gasteiger partial charge is 0.310 e. The summed E-state index contributed by atoms with van der Waals surface area (Å²) in [6.07, 6.45) is 3.02. The molecule has 9 heteroatoms. The molecular weight excluding hydrogens is 456 g/mol. The summed E-state index contributed by atoms with van der Waals surface area (Å²) in [5.74, 6) is -3.77. The number of amides is 2. The molecule has 3 saturated heterocycles. The Kier molecular flexibility index (Phi) is 6.65. The minimum Gasteiger partial charge on any atom is -0.481 e. The molecule has 3 fully saturated rings. The highest BCUT2D eigenvalue weighted by Gasteiger charge is 2.77. The predicted molar refractivity (Wildman–Crippen MR) is 113 cm³/mol. The van der Waals surface area contributed by atoms with Crippen molar-refractivity contribution >= 4 is 33.7 Å². The lowest BCUT2D eigenvalue weighted by atomic mass is 9.70. The lowest BCUT2D eigenvalue weighted by Crippen LogP contribution is -2.59. The largest absolute Gasteiger partial charge is 0.481 e. The first-order valence-corrected chi connectivity index (χ1v) is 11.5. The Bertz CT molecular complexity index is 732. The van der Waals surface area contributed by atoms with Gasteiger partial charge in [-0.1, -0.05) is 35.4 Å². The molecule has 3 aliphatic rings. The highest BCUT2D eigenvalue weighted by Crippen LogP contribution is 2.60. The van der Waals surface area contributed by atoms with Crippen molar-refractivity contribution in [2.45, 2.75) is 74.7 Å². The molecule has 2 N–H and O–H groups in total. The summed E-state index contributed by atoms with van der Waals surface area (Å²) in [5, 5.41) is 19.6. The van der Waals surface area contributed by atoms with Crippen molar-refractivity contribution in [1.82, 2.24) is 9.80 Å². The Morgan fingerprint density at radius 2 is 2.13 bits per heavy atom. The van der Waals surface area contributed by atoms with Gasteiger partial charge in [0.15, 0.2) is 0 Å². The van der Waals surface area contributed by atoms with Crippen LogP contribution in [0.5, 0.6) is 0 Å². The summed E-state index contributed by atoms with van der Waals surface area (Å²) >= 11 is 3.52. The van der Waals surface area contributed by atoms with Gasteiger partial charge in [-0.05, 0) is 26.7 Å². The van der Waals surface area contributed by atoms with E-state index >= 15 is 0 Å². The molecule has 0 aromatic rings. The third kappa shape index (κ3) is 3.29. The minimum absolute atomic E-state index is 0.0778. The molecule has 3 aliphatic heterocycles. The average Bonchev–Trinajstić information content (AvgIpc) is 3.28. The van der Waals surface area contributed by atoms with Gasteiger partial charge in [0.05, 0.1) is 30.6 Å². The van der Waals surface area contributed by atoms with E-state index in [1.54, 1.807) is 17.9 Å². The molecule has 2 bridgehead atoms. The van der Waals surface area contributed by atoms with Crippen molar-refractivity contribution in [3.8, 4) is 0 Å². The Labute approximate surface area is 185 Å². The van der Waals surface area contributed by atoms with Gasteiger partial charge in [0.2, 0.25) is 11.8 Å². The molecule has 4 unspecified atom stereocenters. The number of halogens is 1. The number of aliphatic hydroxyl groups is 1. The summed E-state index contributed by atoms with van der Waals surface area (Å²) in [6, 6.07) is -1.69. The lowest BCUT2D eigenvalue weighted by Gasteiger charge is -2.40. The van der Waals surface area contributed by atoms with E-state index in [1.807, 2.05) is 13.8 Å². The summed E-state index contributed by atoms with van der Waals surface area (Å²) in [6.45, 7) is 9.41. The number of likely N-dealkylation sites (tertiary alicyclic amines) is 1. The van der Waals surface area contributed by atoms with Gasteiger partial charge in [-0.2, -0.15) is 0 Å². The molecule has 2 amide bonds. The zero-order valence-corrected chi connectivity index (χ0v) is 19.2. The molecule has 1 spiro atoms. The maximum absolute atomic E-state index is 13.9. The van der Waals surface area contributed by atoms with Crippen LogP contribution in [0.2, 0.25) is 0 Å². The van der Waals surface area contributed by atoms with Crippen molar-refractivity contribution in [1.29, 1.82) is 0 Å². The highest BCUT2D eigenvalue weighted by atomic mass is 79.9. The monoisotopic (exact) mass is 486 g/mol. The van der Waals surface area contributed by atoms with Crippen LogP contribution in [0.1, 0.15) is 40.0 Å². The molecule has 8 nitrogen and oxygen atoms in total. The van der Waals surface area contributed by atoms with Gasteiger partial charge in [-0.3, -0.25) is 14.4 Å². The topological polar surface area (TPSA) is 107 Å². The number of carbonyl (C=O) groups is 3. The maximum atomic E-state index is 13.9. The lowest BCUT2D eigenvalue weighted by molar-refractivity contribution is -0.153. The number of carbonyl (C=O) groups excluding carboxylic acids is 2. The zero-order chi connectivity index (χ0) is 22.4. The van der Waals surface area contributed by atoms with Crippen LogP contribution in [0.15, 0.2) is 12.7 Å². The molecule has 8 atom stereocenters. The molecule has 0 aromatic carbocycles. The fourth-order valence-corrected chi connectivity index (χ4v) is 6.49. The van der Waals surface area contributed by atoms with Crippen LogP contribution < -0.4 is 0 Å². The predicted octanol–water partition coefficient (Wildman–Crippen LogP) is 1.40. The van der Waals surface area contributed by atoms with Gasteiger partial charge in [0, 0.05) is 17.4 Å². The second-order valence-electron chi connectivity index (χ2n) is 8.70. The number of hydrogen-bond acceptors (Lipinski definition) is 5. The minimum atomic E-state index is -1.22. The number of hydrogen-bond donors (Lipinski definition) is 2. The summed E-state index contributed by atoms with van der Waals surface area (Å²) in [4.78, 5) is 42.2. The van der Waals surface area contributed by atoms with E-state index in [0.29, 0.717) is 13.0 Å². The van der Waals surface area contributed by atoms with Crippen LogP contribution in [0.4, 0.5) is 0 Å². The van der Waals surface area contributed by atoms with E-state index in [0.717, 1.165) is 12.8 Å². The fraction of sp³-hybridized carbons (Fsp3) is 0.762. The zero-order valence-electron chi connectivity index (χ0n) is 17.7. The molecule has 168 valence electrons. The van der Waals surface area contributed by atoms with Crippen LogP contribution in [-0.2, 0) is 19.1 Å². The van der Waals surface area contributed by atoms with Crippen LogP contribution >= 0.6 is 15.9 Å². The first kappa shape index (κ1) is 23.2. The van der Waals surface area contributed by atoms with Gasteiger partial charge < -0.3 is 24.7 Å². The number of aliphatic hydroxyl groups excluding tert-OH is 1. The molecule has 30 heavy (non-hydrogen) atoms. The molecule has 3 heterocycles. The third-order valence-electron chi connectivity index (χ3n) is 6.83. The quantitative estimate of drug-likeness (QED) is 0.376. The number of rotatable bonds is 9. The Morgan fingerprint density at radius 3 is 2.67 bits per heavy atom. The second-order valence-corrected chi connectivity index (χ2v) is 9.87. The Balaban J connectivity index is 2.09. The number of fused-ring (bicyclic) bond motifs is 1. The Hall–Kier alpha value is -1.45. The number of aliphatic carboxylic acids is 1. The van der Waals surface area contributed by atoms with Crippen molar-refractivity contribution in [3.63, 3.8) is 0 Å². The van der Waals surface area contributed by atoms with Crippen molar-refractivity contribution in [2.24, 2.45) is 11.8 Å². The fourth-order valence-electron chi connectivity index (χ4n) is 5.55. The van der Waals surface area contributed by atoms with Gasteiger partial charge in [0.1, 0.15) is 11.6 Å². The van der Waals surface area contributed by atoms with E-state index in [-0.39, 0.29) is 23.4 Å². The Morgan fingerprint density at radius 1 is 1.47 bits per heavy atom. The number of carboxylic acids is 1. The molecule has 3 rings (SSSR count). The standard InChI is InChI=1S/C21H31BrN2O6/c1-5-7-11(3)23(8-6-2)19(27)17-21-9-13(22)16(30-21)14(20(28)29)15(21)18(26)24(17)12(4)10-25/h6,11-17,25H,2,5,7-10H2,1,3-4H3,(H,28,29)/t11?,12-,13?,14-,15+,16-,17?,21?/m1/s1. The second kappa shape index (κ2) is 8.59. The summed E-state index contributed by atoms with van der Waals surface area (Å²) < 4.78 is 6.22. The van der Waals surface area contributed by atoms with Gasteiger partial charge in [-0.15, -0.1) is 6.58 Å². The van der Waals surface area contributed by atoms with Gasteiger partial charge in [0.25, 0.3) is 0 Å². The highest BCUT2D eigenvalue weighted by molar-refractivity contribution is 9.09. The van der Waals surface area contributed by atoms with Crippen molar-refractivity contribution < 1.29 is 29.3 Å². The molecule has 0 radical (unpaired) electrons. The molecule has 0 aliphatic carbocycles. The van der Waals surface area contributed by atoms with Gasteiger partial charge >= 0.3 is 5.97 Å². The summed E-state index contributed by atoms with van der Waals surface area (Å²) in [5.41, 5.74) is -1.22. The first-order valence-electron chi connectivity index (χ1n) is 10.5. The maximum Gasteiger partial charge on any atom is 0.310 e. The van der Waals surface area contributed by atoms with Crippen LogP contribution in [0, 0.1) is 11.8 Å². The number of carboxylic acid groups (broad SMARTS) is 1. The molecule has 0 saturated carbocycles. The SMILES string of the molecule is C=CCN(C(=O)C1N([C@H](C)CO)C(=O)[C@@H]2[C@@H](C(=O)O)[C@@H]3OC12CC3Br)C(C)CCC. The van der Waals surface area contributed by atoms with Gasteiger partial charge in [-0.25, -0.2) is 0 Å². The van der Waals surface area contributed by atoms with E-state index < -0.39 is 47.5 Å². The van der Waals surface area contributed by atoms with Crippen molar-refractivity contribution in [3.05, 3.63) is 12.7 Å². The number of alkyl halides is 1. The average molecular weight is 487 g/mol. The van der Waals surface area contributed by atoms with E-state index in [4.69, 9.17) is 4.74 Å². The van der Waals surface area contributed by atoms with Crippen LogP contribution in [0.25, 0.3) is 0 Å². The van der Waals surface area contributed by atoms with E-state index in [1.165, 1.54) is 4.90 Å². The van der Waals surface area contributed by atoms with Crippen LogP contribution in [-0.4, -0.2) is 85.6 Å². The van der Waals surface area contributed by atoms with Crippen molar-refractivity contribution in [2.75, 3.05) is 13.2 Å². The molecular formula is C21H31BrN2O6. The first-order chi connectivity index (χ1) is 14.2. The number of nitrogens with zero attached hydrogens (tertiary/aromatic N) is 2. The van der Waals surface area contributed by atoms with E-state index in [9.17, 15) is 24.6 Å². The van der Waals surface area contributed by atoms with Crippen LogP contribution in [0.3, 0.4) is 0 Å². The third-order valence-corrected chi connectivity index (χ3v) is 7.68.